The summed E-state index contributed by atoms with van der Waals surface area (Å²) in [6, 6.07) is 5.13. The summed E-state index contributed by atoms with van der Waals surface area (Å²) in [7, 11) is 5.92. The molecule has 3 aliphatic rings. The molecule has 3 unspecified atom stereocenters. The summed E-state index contributed by atoms with van der Waals surface area (Å²) in [6.45, 7) is 16.8. The summed E-state index contributed by atoms with van der Waals surface area (Å²) in [5.74, 6) is -4.59. The lowest BCUT2D eigenvalue weighted by atomic mass is 9.86. The highest BCUT2D eigenvalue weighted by molar-refractivity contribution is 6.26. The number of aromatic hydroxyl groups is 1. The van der Waals surface area contributed by atoms with Crippen LogP contribution in [0.15, 0.2) is 63.6 Å². The van der Waals surface area contributed by atoms with Crippen molar-refractivity contribution in [3.8, 4) is 17.2 Å². The van der Waals surface area contributed by atoms with Gasteiger partial charge in [-0.15, -0.1) is 0 Å². The van der Waals surface area contributed by atoms with Crippen molar-refractivity contribution >= 4 is 56.3 Å². The molecule has 4 bridgehead atoms. The van der Waals surface area contributed by atoms with Crippen molar-refractivity contribution < 1.29 is 57.2 Å². The first-order valence-corrected chi connectivity index (χ1v) is 22.6. The zero-order chi connectivity index (χ0) is 47.8. The standard InChI is InChI=1S/C50H62N4O12/c1-27-12-11-13-29(3)49(60)52-42-44(58)39-38(41-47(42)65-37-26-33(14-15-34(37)51-41)62-23-19-53-17-20-54(8,9)21-18-53)40-46(31(5)43(39)57)66-50(7,48(40)59)63-22-16-36(61-10)30(4)45(64-32(6)55)35(56)25-28(2)24-27/h11-16,22,26-28,30,35-36,45,56H,17-21,23-25H2,1-10H3,(H-,51,52,57,58,59,60)/p+1/b12-11+,22-16+,29-13-/t27?,28-,30-,35?,36+,45?,50+/m1/s1. The number of aliphatic hydroxyl groups excluding tert-OH is 1. The molecule has 0 spiro atoms. The number of allylic oxidation sites excluding steroid dienone is 3. The summed E-state index contributed by atoms with van der Waals surface area (Å²) >= 11 is 0. The molecule has 4 heterocycles. The molecule has 7 rings (SSSR count). The maximum absolute atomic E-state index is 14.7. The van der Waals surface area contributed by atoms with Crippen LogP contribution in [0.1, 0.15) is 70.3 Å². The van der Waals surface area contributed by atoms with E-state index in [9.17, 15) is 29.4 Å². The first-order valence-electron chi connectivity index (χ1n) is 22.6. The lowest BCUT2D eigenvalue weighted by Gasteiger charge is -2.38. The molecule has 0 radical (unpaired) electrons. The number of Topliss-reactive ketones (excluding diaryl/α,β-unsaturated/α-hetero) is 1. The van der Waals surface area contributed by atoms with Crippen LogP contribution in [0.25, 0.3) is 33.0 Å². The molecule has 0 saturated carbocycles. The number of ether oxygens (including phenoxy) is 5. The smallest absolute Gasteiger partial charge is 0.312 e. The Kier molecular flexibility index (Phi) is 14.0. The number of nitrogens with one attached hydrogen (secondary N) is 1. The second kappa shape index (κ2) is 19.2. The van der Waals surface area contributed by atoms with Gasteiger partial charge in [-0.2, -0.15) is 0 Å². The number of likely N-dealkylation sites (N-methyl/N-ethyl adjacent to an activating group) is 1. The summed E-state index contributed by atoms with van der Waals surface area (Å²) in [4.78, 5) is 62.7. The summed E-state index contributed by atoms with van der Waals surface area (Å²) in [6.07, 6.45) is 6.34. The number of benzene rings is 3. The van der Waals surface area contributed by atoms with Crippen LogP contribution in [-0.4, -0.2) is 127 Å². The highest BCUT2D eigenvalue weighted by atomic mass is 16.7. The molecule has 3 aliphatic heterocycles. The lowest BCUT2D eigenvalue weighted by Crippen LogP contribution is -2.55. The number of methoxy groups -OCH3 is 1. The van der Waals surface area contributed by atoms with Gasteiger partial charge >= 0.3 is 11.8 Å². The van der Waals surface area contributed by atoms with Gasteiger partial charge in [-0.25, -0.2) is 4.98 Å². The molecule has 4 aromatic rings. The average molecular weight is 912 g/mol. The average Bonchev–Trinajstić information content (AvgIpc) is 3.52. The fraction of sp³-hybridized carbons (Fsp3) is 0.500. The summed E-state index contributed by atoms with van der Waals surface area (Å²) in [5, 5.41) is 26.1. The molecule has 66 heavy (non-hydrogen) atoms. The molecule has 1 saturated heterocycles. The largest absolute Gasteiger partial charge is 0.505 e. The zero-order valence-electron chi connectivity index (χ0n) is 39.6. The fourth-order valence-corrected chi connectivity index (χ4v) is 9.19. The molecule has 3 N–H and O–H groups in total. The number of phenolic OH excluding ortho intramolecular Hbond substituents is 1. The highest BCUT2D eigenvalue weighted by Gasteiger charge is 2.49. The Balaban J connectivity index is 1.35. The lowest BCUT2D eigenvalue weighted by molar-refractivity contribution is -0.894. The number of esters is 1. The van der Waals surface area contributed by atoms with Crippen molar-refractivity contribution in [1.82, 2.24) is 9.88 Å². The number of amides is 1. The van der Waals surface area contributed by atoms with Crippen LogP contribution in [0, 0.1) is 24.7 Å². The van der Waals surface area contributed by atoms with Crippen LogP contribution in [0.3, 0.4) is 0 Å². The maximum Gasteiger partial charge on any atom is 0.312 e. The van der Waals surface area contributed by atoms with Crippen molar-refractivity contribution in [2.75, 3.05) is 65.9 Å². The van der Waals surface area contributed by atoms with Gasteiger partial charge in [-0.05, 0) is 56.7 Å². The van der Waals surface area contributed by atoms with Gasteiger partial charge in [0.05, 0.1) is 56.6 Å². The van der Waals surface area contributed by atoms with Gasteiger partial charge in [-0.1, -0.05) is 39.0 Å². The summed E-state index contributed by atoms with van der Waals surface area (Å²) in [5.41, 5.74) is -0.148. The molecule has 1 aromatic heterocycles. The second-order valence-corrected chi connectivity index (χ2v) is 19.0. The van der Waals surface area contributed by atoms with Crippen LogP contribution in [-0.2, 0) is 23.8 Å². The van der Waals surface area contributed by atoms with Gasteiger partial charge in [-0.3, -0.25) is 24.1 Å². The number of carbonyl (C=O) groups is 3. The third-order valence-corrected chi connectivity index (χ3v) is 13.2. The SMILES string of the molecule is CO[C@H]1/C=C/O[C@@]2(C)Oc3c(C)c(=O)c4c(O)c(c5oc6cc(OCCN7CC[N+](C)(C)CC7)ccc6nc5c4c3C2=O)NC(=O)/C(C)=C\C=C\C(C)C[C@@H](C)CC(O)C(OC(C)=O)[C@@H]1C. The van der Waals surface area contributed by atoms with E-state index in [0.29, 0.717) is 30.7 Å². The molecule has 3 aromatic carbocycles. The van der Waals surface area contributed by atoms with Gasteiger partial charge in [0, 0.05) is 69.1 Å². The normalized spacial score (nSPS) is 28.4. The van der Waals surface area contributed by atoms with Crippen molar-refractivity contribution in [2.45, 2.75) is 85.4 Å². The molecule has 16 nitrogen and oxygen atoms in total. The van der Waals surface area contributed by atoms with Crippen LogP contribution in [0.2, 0.25) is 0 Å². The number of fused-ring (bicyclic) bond motifs is 2. The number of piperazine rings is 1. The molecule has 7 atom stereocenters. The molecular weight excluding hydrogens is 849 g/mol. The number of quaternary nitrogens is 1. The minimum Gasteiger partial charge on any atom is -0.505 e. The fourth-order valence-electron chi connectivity index (χ4n) is 9.19. The Bertz CT molecular complexity index is 2700. The number of aromatic nitrogens is 1. The molecule has 1 amide bonds. The van der Waals surface area contributed by atoms with E-state index in [1.165, 1.54) is 40.2 Å². The Morgan fingerprint density at radius 2 is 1.79 bits per heavy atom. The quantitative estimate of drug-likeness (QED) is 0.0619. The van der Waals surface area contributed by atoms with E-state index in [2.05, 4.69) is 24.3 Å². The predicted molar refractivity (Wildman–Crippen MR) is 250 cm³/mol. The van der Waals surface area contributed by atoms with Crippen LogP contribution >= 0.6 is 0 Å². The van der Waals surface area contributed by atoms with Crippen molar-refractivity contribution in [3.63, 3.8) is 0 Å². The van der Waals surface area contributed by atoms with Gasteiger partial charge in [0.15, 0.2) is 22.3 Å². The Hall–Kier alpha value is -5.81. The maximum atomic E-state index is 14.7. The predicted octanol–water partition coefficient (Wildman–Crippen LogP) is 6.55. The number of hydrogen-bond acceptors (Lipinski definition) is 14. The second-order valence-electron chi connectivity index (χ2n) is 19.0. The Morgan fingerprint density at radius 1 is 1.06 bits per heavy atom. The van der Waals surface area contributed by atoms with E-state index < -0.39 is 58.9 Å². The van der Waals surface area contributed by atoms with Crippen LogP contribution < -0.4 is 20.2 Å². The number of phenols is 1. The van der Waals surface area contributed by atoms with E-state index in [4.69, 9.17) is 33.1 Å². The van der Waals surface area contributed by atoms with Gasteiger partial charge in [0.1, 0.15) is 40.9 Å². The number of rotatable bonds is 6. The van der Waals surface area contributed by atoms with E-state index in [-0.39, 0.29) is 67.4 Å². The Morgan fingerprint density at radius 3 is 2.48 bits per heavy atom. The van der Waals surface area contributed by atoms with Crippen molar-refractivity contribution in [2.24, 2.45) is 17.8 Å². The molecule has 354 valence electrons. The number of carbonyl (C=O) groups excluding carboxylic acids is 3. The number of aliphatic hydroxyl groups is 1. The molecule has 16 heteroatoms. The number of nitrogens with zero attached hydrogens (tertiary/aromatic N) is 3. The minimum atomic E-state index is -2.02. The van der Waals surface area contributed by atoms with Gasteiger partial charge in [0.2, 0.25) is 0 Å². The summed E-state index contributed by atoms with van der Waals surface area (Å²) < 4.78 is 37.4. The first-order chi connectivity index (χ1) is 31.2. The third kappa shape index (κ3) is 9.82. The van der Waals surface area contributed by atoms with E-state index in [1.54, 1.807) is 44.2 Å². The molecular formula is C50H63N4O12+. The first kappa shape index (κ1) is 48.1. The van der Waals surface area contributed by atoms with E-state index in [1.807, 2.05) is 19.9 Å². The number of ketones is 1. The minimum absolute atomic E-state index is 0.00106. The van der Waals surface area contributed by atoms with E-state index in [0.717, 1.165) is 37.2 Å². The van der Waals surface area contributed by atoms with Crippen LogP contribution in [0.4, 0.5) is 5.69 Å². The van der Waals surface area contributed by atoms with Crippen molar-refractivity contribution in [1.29, 1.82) is 0 Å². The Labute approximate surface area is 384 Å². The zero-order valence-corrected chi connectivity index (χ0v) is 39.6. The molecule has 0 aliphatic carbocycles. The topological polar surface area (TPSA) is 196 Å². The molecule has 1 fully saturated rings. The van der Waals surface area contributed by atoms with Gasteiger partial charge < -0.3 is 48.1 Å². The third-order valence-electron chi connectivity index (χ3n) is 13.2. The number of hydrogen-bond donors (Lipinski definition) is 3. The van der Waals surface area contributed by atoms with Crippen LogP contribution in [0.5, 0.6) is 17.2 Å². The highest BCUT2D eigenvalue weighted by Crippen LogP contribution is 2.48. The van der Waals surface area contributed by atoms with Crippen molar-refractivity contribution in [3.05, 3.63) is 75.7 Å². The van der Waals surface area contributed by atoms with E-state index >= 15 is 0 Å². The monoisotopic (exact) mass is 911 g/mol. The van der Waals surface area contributed by atoms with Gasteiger partial charge in [0.25, 0.3) is 11.7 Å². The number of anilines is 1.